The normalized spacial score (nSPS) is 24.4. The first kappa shape index (κ1) is 19.4. The summed E-state index contributed by atoms with van der Waals surface area (Å²) < 4.78 is 0. The molecule has 0 bridgehead atoms. The van der Waals surface area contributed by atoms with Crippen LogP contribution in [-0.2, 0) is 10.2 Å². The van der Waals surface area contributed by atoms with Crippen LogP contribution in [0.1, 0.15) is 43.7 Å². The number of carbonyl (C=O) groups is 1. The molecule has 1 fully saturated rings. The average molecular weight is 367 g/mol. The fourth-order valence-electron chi connectivity index (χ4n) is 4.24. The first-order valence-electron chi connectivity index (χ1n) is 9.70. The topological polar surface area (TPSA) is 60.8 Å². The molecule has 4 heteroatoms. The molecule has 1 aliphatic heterocycles. The second-order valence-electron chi connectivity index (χ2n) is 8.01. The summed E-state index contributed by atoms with van der Waals surface area (Å²) in [6, 6.07) is 17.1. The lowest BCUT2D eigenvalue weighted by atomic mass is 9.68. The minimum atomic E-state index is -0.754. The number of hydrogen-bond acceptors (Lipinski definition) is 3. The summed E-state index contributed by atoms with van der Waals surface area (Å²) in [6.07, 6.45) is 1.62. The third-order valence-electron chi connectivity index (χ3n) is 6.31. The monoisotopic (exact) mass is 367 g/mol. The fraction of sp³-hybridized carbons (Fsp3) is 0.435. The van der Waals surface area contributed by atoms with Crippen LogP contribution in [-0.4, -0.2) is 40.7 Å². The highest BCUT2D eigenvalue weighted by molar-refractivity contribution is 5.76. The number of phenols is 1. The van der Waals surface area contributed by atoms with Crippen molar-refractivity contribution in [1.82, 2.24) is 4.90 Å². The van der Waals surface area contributed by atoms with Gasteiger partial charge in [0.2, 0.25) is 0 Å². The lowest BCUT2D eigenvalue weighted by molar-refractivity contribution is -0.139. The van der Waals surface area contributed by atoms with Gasteiger partial charge in [0.1, 0.15) is 5.75 Å². The Morgan fingerprint density at radius 2 is 1.96 bits per heavy atom. The van der Waals surface area contributed by atoms with E-state index in [1.807, 2.05) is 42.5 Å². The molecule has 2 aromatic rings. The molecule has 1 saturated heterocycles. The summed E-state index contributed by atoms with van der Waals surface area (Å²) in [7, 11) is 0. The molecule has 0 aromatic heterocycles. The Morgan fingerprint density at radius 1 is 1.22 bits per heavy atom. The zero-order valence-electron chi connectivity index (χ0n) is 16.1. The molecular formula is C23H29NO3. The first-order valence-corrected chi connectivity index (χ1v) is 9.70. The highest BCUT2D eigenvalue weighted by Gasteiger charge is 2.38. The highest BCUT2D eigenvalue weighted by atomic mass is 16.4. The Bertz CT molecular complexity index is 776. The third-order valence-corrected chi connectivity index (χ3v) is 6.31. The van der Waals surface area contributed by atoms with Crippen LogP contribution in [0.25, 0.3) is 0 Å². The number of nitrogens with zero attached hydrogens (tertiary/aromatic N) is 1. The Kier molecular flexibility index (Phi) is 5.85. The van der Waals surface area contributed by atoms with Gasteiger partial charge in [0, 0.05) is 6.54 Å². The Hall–Kier alpha value is -2.33. The van der Waals surface area contributed by atoms with Crippen LogP contribution in [0, 0.1) is 5.92 Å². The van der Waals surface area contributed by atoms with Gasteiger partial charge in [-0.05, 0) is 60.5 Å². The summed E-state index contributed by atoms with van der Waals surface area (Å²) in [5.74, 6) is -0.472. The molecule has 3 atom stereocenters. The molecule has 3 rings (SSSR count). The van der Waals surface area contributed by atoms with Crippen molar-refractivity contribution in [2.24, 2.45) is 5.92 Å². The van der Waals surface area contributed by atoms with E-state index in [1.165, 1.54) is 5.56 Å². The minimum absolute atomic E-state index is 0.0286. The van der Waals surface area contributed by atoms with E-state index >= 15 is 0 Å². The lowest BCUT2D eigenvalue weighted by Crippen LogP contribution is -2.47. The fourth-order valence-corrected chi connectivity index (χ4v) is 4.24. The van der Waals surface area contributed by atoms with Gasteiger partial charge in [0.05, 0.1) is 5.92 Å². The Labute approximate surface area is 161 Å². The van der Waals surface area contributed by atoms with Crippen LogP contribution in [0.2, 0.25) is 0 Å². The van der Waals surface area contributed by atoms with E-state index in [0.29, 0.717) is 18.1 Å². The van der Waals surface area contributed by atoms with E-state index in [1.54, 1.807) is 6.07 Å². The molecule has 0 spiro atoms. The summed E-state index contributed by atoms with van der Waals surface area (Å²) in [6.45, 7) is 7.19. The number of piperidine rings is 1. The summed E-state index contributed by atoms with van der Waals surface area (Å²) in [4.78, 5) is 14.1. The molecule has 0 aliphatic carbocycles. The number of hydrogen-bond donors (Lipinski definition) is 2. The third kappa shape index (κ3) is 4.33. The second-order valence-corrected chi connectivity index (χ2v) is 8.01. The molecule has 27 heavy (non-hydrogen) atoms. The maximum absolute atomic E-state index is 11.7. The second kappa shape index (κ2) is 8.13. The zero-order chi connectivity index (χ0) is 19.4. The minimum Gasteiger partial charge on any atom is -0.508 e. The van der Waals surface area contributed by atoms with Gasteiger partial charge in [-0.1, -0.05) is 56.3 Å². The molecule has 2 N–H and O–H groups in total. The number of likely N-dealkylation sites (tertiary alicyclic amines) is 1. The van der Waals surface area contributed by atoms with E-state index in [2.05, 4.69) is 24.8 Å². The number of phenolic OH excluding ortho intramolecular Hbond substituents is 1. The number of rotatable bonds is 6. The average Bonchev–Trinajstić information content (AvgIpc) is 2.65. The van der Waals surface area contributed by atoms with Gasteiger partial charge in [-0.15, -0.1) is 0 Å². The van der Waals surface area contributed by atoms with Crippen molar-refractivity contribution < 1.29 is 15.0 Å². The van der Waals surface area contributed by atoms with Crippen molar-refractivity contribution in [2.75, 3.05) is 19.6 Å². The maximum Gasteiger partial charge on any atom is 0.311 e. The molecule has 0 saturated carbocycles. The SMILES string of the molecule is CC1CN(CCC(C(=O)O)c2ccccc2)CCC1(C)c1cccc(O)c1. The van der Waals surface area contributed by atoms with Crippen LogP contribution >= 0.6 is 0 Å². The van der Waals surface area contributed by atoms with Crippen molar-refractivity contribution in [1.29, 1.82) is 0 Å². The van der Waals surface area contributed by atoms with Gasteiger partial charge in [-0.2, -0.15) is 0 Å². The Balaban J connectivity index is 1.63. The van der Waals surface area contributed by atoms with Crippen molar-refractivity contribution in [3.63, 3.8) is 0 Å². The van der Waals surface area contributed by atoms with Gasteiger partial charge in [0.15, 0.2) is 0 Å². The van der Waals surface area contributed by atoms with Crippen LogP contribution in [0.5, 0.6) is 5.75 Å². The van der Waals surface area contributed by atoms with E-state index in [-0.39, 0.29) is 5.41 Å². The van der Waals surface area contributed by atoms with E-state index in [4.69, 9.17) is 0 Å². The van der Waals surface area contributed by atoms with Gasteiger partial charge in [0.25, 0.3) is 0 Å². The van der Waals surface area contributed by atoms with Gasteiger partial charge in [-0.25, -0.2) is 0 Å². The molecule has 1 aliphatic rings. The zero-order valence-corrected chi connectivity index (χ0v) is 16.1. The van der Waals surface area contributed by atoms with E-state index in [9.17, 15) is 15.0 Å². The summed E-state index contributed by atoms with van der Waals surface area (Å²) in [5.41, 5.74) is 2.09. The maximum atomic E-state index is 11.7. The van der Waals surface area contributed by atoms with Crippen LogP contribution in [0.15, 0.2) is 54.6 Å². The molecule has 2 aromatic carbocycles. The van der Waals surface area contributed by atoms with Crippen LogP contribution < -0.4 is 0 Å². The largest absolute Gasteiger partial charge is 0.508 e. The molecule has 0 amide bonds. The van der Waals surface area contributed by atoms with Crippen LogP contribution in [0.3, 0.4) is 0 Å². The van der Waals surface area contributed by atoms with E-state index in [0.717, 1.165) is 31.6 Å². The summed E-state index contributed by atoms with van der Waals surface area (Å²) >= 11 is 0. The summed E-state index contributed by atoms with van der Waals surface area (Å²) in [5, 5.41) is 19.5. The molecule has 1 heterocycles. The molecule has 4 nitrogen and oxygen atoms in total. The predicted octanol–water partition coefficient (Wildman–Crippen LogP) is 4.25. The van der Waals surface area contributed by atoms with Crippen LogP contribution in [0.4, 0.5) is 0 Å². The molecule has 0 radical (unpaired) electrons. The molecular weight excluding hydrogens is 338 g/mol. The molecule has 144 valence electrons. The standard InChI is InChI=1S/C23H29NO3/c1-17-16-24(13-11-21(22(26)27)18-7-4-3-5-8-18)14-12-23(17,2)19-9-6-10-20(25)15-19/h3-10,15,17,21,25H,11-14,16H2,1-2H3,(H,26,27). The van der Waals surface area contributed by atoms with Crippen molar-refractivity contribution >= 4 is 5.97 Å². The lowest BCUT2D eigenvalue weighted by Gasteiger charge is -2.45. The Morgan fingerprint density at radius 3 is 2.59 bits per heavy atom. The predicted molar refractivity (Wildman–Crippen MR) is 107 cm³/mol. The first-order chi connectivity index (χ1) is 12.9. The smallest absolute Gasteiger partial charge is 0.311 e. The highest BCUT2D eigenvalue weighted by Crippen LogP contribution is 2.40. The van der Waals surface area contributed by atoms with Crippen molar-refractivity contribution in [3.05, 3.63) is 65.7 Å². The van der Waals surface area contributed by atoms with Gasteiger partial charge < -0.3 is 15.1 Å². The van der Waals surface area contributed by atoms with Crippen molar-refractivity contribution in [3.8, 4) is 5.75 Å². The number of carboxylic acids is 1. The number of aliphatic carboxylic acids is 1. The van der Waals surface area contributed by atoms with Crippen molar-refractivity contribution in [2.45, 2.75) is 38.0 Å². The van der Waals surface area contributed by atoms with Gasteiger partial charge >= 0.3 is 5.97 Å². The number of benzene rings is 2. The number of aromatic hydroxyl groups is 1. The van der Waals surface area contributed by atoms with E-state index < -0.39 is 11.9 Å². The quantitative estimate of drug-likeness (QED) is 0.801. The molecule has 3 unspecified atom stereocenters. The number of carboxylic acid groups (broad SMARTS) is 1. The van der Waals surface area contributed by atoms with Gasteiger partial charge in [-0.3, -0.25) is 4.79 Å².